The van der Waals surface area contributed by atoms with Crippen LogP contribution in [0.15, 0.2) is 18.3 Å². The topological polar surface area (TPSA) is 28.2 Å². The number of rotatable bonds is 6. The maximum absolute atomic E-state index is 4.62. The van der Waals surface area contributed by atoms with Crippen LogP contribution in [0.1, 0.15) is 50.8 Å². The van der Waals surface area contributed by atoms with Crippen molar-refractivity contribution in [3.8, 4) is 0 Å². The van der Waals surface area contributed by atoms with Gasteiger partial charge in [-0.2, -0.15) is 0 Å². The summed E-state index contributed by atoms with van der Waals surface area (Å²) in [5, 5.41) is 3.46. The number of likely N-dealkylation sites (tertiary alicyclic amines) is 1. The van der Waals surface area contributed by atoms with E-state index in [0.717, 1.165) is 19.6 Å². The maximum Gasteiger partial charge on any atom is 0.0544 e. The van der Waals surface area contributed by atoms with Crippen LogP contribution in [0.5, 0.6) is 0 Å². The summed E-state index contributed by atoms with van der Waals surface area (Å²) in [5.74, 6) is 0.699. The second-order valence-corrected chi connectivity index (χ2v) is 6.37. The van der Waals surface area contributed by atoms with Crippen molar-refractivity contribution in [1.29, 1.82) is 0 Å². The van der Waals surface area contributed by atoms with Crippen molar-refractivity contribution in [2.45, 2.75) is 52.6 Å². The summed E-state index contributed by atoms with van der Waals surface area (Å²) < 4.78 is 0. The smallest absolute Gasteiger partial charge is 0.0544 e. The second-order valence-electron chi connectivity index (χ2n) is 6.37. The molecule has 1 aromatic heterocycles. The first-order chi connectivity index (χ1) is 9.74. The van der Waals surface area contributed by atoms with Gasteiger partial charge in [-0.15, -0.1) is 0 Å². The minimum absolute atomic E-state index is 0.699. The average Bonchev–Trinajstić information content (AvgIpc) is 2.69. The van der Waals surface area contributed by atoms with Gasteiger partial charge >= 0.3 is 0 Å². The van der Waals surface area contributed by atoms with E-state index in [0.29, 0.717) is 5.92 Å². The Morgan fingerprint density at radius 3 is 2.50 bits per heavy atom. The van der Waals surface area contributed by atoms with E-state index in [-0.39, 0.29) is 0 Å². The third-order valence-corrected chi connectivity index (χ3v) is 3.85. The molecular weight excluding hydrogens is 246 g/mol. The van der Waals surface area contributed by atoms with Crippen molar-refractivity contribution < 1.29 is 0 Å². The van der Waals surface area contributed by atoms with Crippen molar-refractivity contribution >= 4 is 0 Å². The molecule has 1 N–H and O–H groups in total. The van der Waals surface area contributed by atoms with Gasteiger partial charge in [0, 0.05) is 19.3 Å². The van der Waals surface area contributed by atoms with E-state index >= 15 is 0 Å². The minimum Gasteiger partial charge on any atom is -0.312 e. The van der Waals surface area contributed by atoms with E-state index in [1.165, 1.54) is 50.0 Å². The van der Waals surface area contributed by atoms with Crippen LogP contribution in [-0.4, -0.2) is 29.5 Å². The van der Waals surface area contributed by atoms with E-state index in [1.807, 2.05) is 6.20 Å². The molecule has 0 radical (unpaired) electrons. The van der Waals surface area contributed by atoms with Crippen LogP contribution in [0.4, 0.5) is 0 Å². The summed E-state index contributed by atoms with van der Waals surface area (Å²) in [7, 11) is 0. The molecule has 1 aliphatic rings. The van der Waals surface area contributed by atoms with Gasteiger partial charge in [-0.1, -0.05) is 32.8 Å². The molecule has 3 nitrogen and oxygen atoms in total. The van der Waals surface area contributed by atoms with Crippen molar-refractivity contribution in [1.82, 2.24) is 15.2 Å². The highest BCUT2D eigenvalue weighted by molar-refractivity contribution is 5.14. The fourth-order valence-corrected chi connectivity index (χ4v) is 2.68. The standard InChI is InChI=1S/C17H29N3/c1-15(2)11-18-12-16-7-8-17(19-13-16)14-20-9-5-3-4-6-10-20/h7-8,13,15,18H,3-6,9-12,14H2,1-2H3. The van der Waals surface area contributed by atoms with E-state index in [4.69, 9.17) is 0 Å². The van der Waals surface area contributed by atoms with Crippen molar-refractivity contribution in [3.05, 3.63) is 29.6 Å². The number of nitrogens with one attached hydrogen (secondary N) is 1. The molecule has 0 aromatic carbocycles. The fraction of sp³-hybridized carbons (Fsp3) is 0.706. The summed E-state index contributed by atoms with van der Waals surface area (Å²) >= 11 is 0. The molecule has 1 aromatic rings. The van der Waals surface area contributed by atoms with Crippen molar-refractivity contribution in [2.75, 3.05) is 19.6 Å². The van der Waals surface area contributed by atoms with Crippen LogP contribution in [0.25, 0.3) is 0 Å². The van der Waals surface area contributed by atoms with Crippen LogP contribution in [0, 0.1) is 5.92 Å². The van der Waals surface area contributed by atoms with Crippen LogP contribution >= 0.6 is 0 Å². The molecule has 1 saturated heterocycles. The quantitative estimate of drug-likeness (QED) is 0.864. The zero-order valence-corrected chi connectivity index (χ0v) is 13.1. The number of aromatic nitrogens is 1. The lowest BCUT2D eigenvalue weighted by Crippen LogP contribution is -2.24. The Morgan fingerprint density at radius 2 is 1.90 bits per heavy atom. The average molecular weight is 275 g/mol. The Bertz CT molecular complexity index is 364. The molecular formula is C17H29N3. The largest absolute Gasteiger partial charge is 0.312 e. The number of hydrogen-bond acceptors (Lipinski definition) is 3. The lowest BCUT2D eigenvalue weighted by atomic mass is 10.2. The van der Waals surface area contributed by atoms with Gasteiger partial charge in [0.1, 0.15) is 0 Å². The molecule has 0 amide bonds. The third-order valence-electron chi connectivity index (χ3n) is 3.85. The molecule has 0 aliphatic carbocycles. The number of pyridine rings is 1. The van der Waals surface area contributed by atoms with E-state index in [9.17, 15) is 0 Å². The van der Waals surface area contributed by atoms with Crippen LogP contribution in [0.2, 0.25) is 0 Å². The third kappa shape index (κ3) is 5.59. The van der Waals surface area contributed by atoms with Crippen molar-refractivity contribution in [2.24, 2.45) is 5.92 Å². The van der Waals surface area contributed by atoms with Crippen LogP contribution in [0.3, 0.4) is 0 Å². The van der Waals surface area contributed by atoms with Crippen LogP contribution in [-0.2, 0) is 13.1 Å². The lowest BCUT2D eigenvalue weighted by Gasteiger charge is -2.19. The molecule has 0 atom stereocenters. The van der Waals surface area contributed by atoms with Gasteiger partial charge in [-0.05, 0) is 50.0 Å². The number of hydrogen-bond donors (Lipinski definition) is 1. The van der Waals surface area contributed by atoms with Gasteiger partial charge < -0.3 is 5.32 Å². The monoisotopic (exact) mass is 275 g/mol. The highest BCUT2D eigenvalue weighted by Gasteiger charge is 2.09. The first kappa shape index (κ1) is 15.5. The summed E-state index contributed by atoms with van der Waals surface area (Å²) in [5.41, 5.74) is 2.49. The molecule has 1 fully saturated rings. The number of nitrogens with zero attached hydrogens (tertiary/aromatic N) is 2. The van der Waals surface area contributed by atoms with Gasteiger partial charge in [-0.25, -0.2) is 0 Å². The summed E-state index contributed by atoms with van der Waals surface area (Å²) in [6.45, 7) is 9.94. The molecule has 1 aliphatic heterocycles. The Labute approximate surface area is 123 Å². The zero-order valence-electron chi connectivity index (χ0n) is 13.1. The predicted octanol–water partition coefficient (Wildman–Crippen LogP) is 3.20. The second kappa shape index (κ2) is 8.38. The SMILES string of the molecule is CC(C)CNCc1ccc(CN2CCCCCC2)nc1. The highest BCUT2D eigenvalue weighted by atomic mass is 15.1. The first-order valence-electron chi connectivity index (χ1n) is 8.11. The van der Waals surface area contributed by atoms with Gasteiger partial charge in [0.2, 0.25) is 0 Å². The Hall–Kier alpha value is -0.930. The summed E-state index contributed by atoms with van der Waals surface area (Å²) in [4.78, 5) is 7.17. The first-order valence-corrected chi connectivity index (χ1v) is 8.11. The minimum atomic E-state index is 0.699. The normalized spacial score (nSPS) is 17.4. The van der Waals surface area contributed by atoms with Crippen LogP contribution < -0.4 is 5.32 Å². The molecule has 0 saturated carbocycles. The van der Waals surface area contributed by atoms with Gasteiger partial charge in [0.25, 0.3) is 0 Å². The molecule has 0 spiro atoms. The Morgan fingerprint density at radius 1 is 1.15 bits per heavy atom. The zero-order chi connectivity index (χ0) is 14.2. The van der Waals surface area contributed by atoms with E-state index in [2.05, 4.69) is 41.2 Å². The van der Waals surface area contributed by atoms with Gasteiger partial charge in [0.05, 0.1) is 5.69 Å². The predicted molar refractivity (Wildman–Crippen MR) is 84.5 cm³/mol. The van der Waals surface area contributed by atoms with Gasteiger partial charge in [-0.3, -0.25) is 9.88 Å². The maximum atomic E-state index is 4.62. The molecule has 20 heavy (non-hydrogen) atoms. The molecule has 112 valence electrons. The fourth-order valence-electron chi connectivity index (χ4n) is 2.68. The van der Waals surface area contributed by atoms with Crippen molar-refractivity contribution in [3.63, 3.8) is 0 Å². The summed E-state index contributed by atoms with van der Waals surface area (Å²) in [6.07, 6.45) is 7.50. The molecule has 2 heterocycles. The molecule has 3 heteroatoms. The van der Waals surface area contributed by atoms with E-state index in [1.54, 1.807) is 0 Å². The molecule has 0 bridgehead atoms. The molecule has 0 unspecified atom stereocenters. The molecule has 2 rings (SSSR count). The summed E-state index contributed by atoms with van der Waals surface area (Å²) in [6, 6.07) is 4.41. The van der Waals surface area contributed by atoms with E-state index < -0.39 is 0 Å². The Balaban J connectivity index is 1.78. The highest BCUT2D eigenvalue weighted by Crippen LogP contribution is 2.12. The van der Waals surface area contributed by atoms with Gasteiger partial charge in [0.15, 0.2) is 0 Å². The Kier molecular flexibility index (Phi) is 6.48. The lowest BCUT2D eigenvalue weighted by molar-refractivity contribution is 0.273.